The van der Waals surface area contributed by atoms with Crippen LogP contribution in [0, 0.1) is 6.92 Å². The van der Waals surface area contributed by atoms with Crippen LogP contribution in [0.2, 0.25) is 0 Å². The number of sulfone groups is 1. The van der Waals surface area contributed by atoms with Crippen LogP contribution >= 0.6 is 22.6 Å². The van der Waals surface area contributed by atoms with Crippen molar-refractivity contribution in [1.82, 2.24) is 0 Å². The Labute approximate surface area is 129 Å². The molecule has 4 heteroatoms. The Morgan fingerprint density at radius 1 is 1.05 bits per heavy atom. The summed E-state index contributed by atoms with van der Waals surface area (Å²) in [6.07, 6.45) is 7.77. The van der Waals surface area contributed by atoms with Gasteiger partial charge in [-0.3, -0.25) is 0 Å². The maximum atomic E-state index is 12.7. The number of allylic oxidation sites excluding steroid dienone is 2. The van der Waals surface area contributed by atoms with Crippen LogP contribution in [0.1, 0.15) is 31.2 Å². The molecular weight excluding hydrogens is 371 g/mol. The molecule has 1 aliphatic rings. The molecule has 0 N–H and O–H groups in total. The molecular formula is C15H19IO2S. The van der Waals surface area contributed by atoms with Crippen molar-refractivity contribution in [3.05, 3.63) is 42.0 Å². The predicted molar refractivity (Wildman–Crippen MR) is 87.6 cm³/mol. The average Bonchev–Trinajstić information content (AvgIpc) is 2.34. The fourth-order valence-corrected chi connectivity index (χ4v) is 6.09. The highest BCUT2D eigenvalue weighted by Crippen LogP contribution is 2.30. The highest BCUT2D eigenvalue weighted by Gasteiger charge is 2.32. The Kier molecular flexibility index (Phi) is 5.06. The third-order valence-corrected chi connectivity index (χ3v) is 7.81. The maximum absolute atomic E-state index is 12.7. The average molecular weight is 390 g/mol. The first-order valence-electron chi connectivity index (χ1n) is 6.61. The van der Waals surface area contributed by atoms with E-state index in [1.807, 2.05) is 19.1 Å². The van der Waals surface area contributed by atoms with Crippen LogP contribution in [0.25, 0.3) is 0 Å². The molecule has 0 saturated carbocycles. The normalized spacial score (nSPS) is 26.4. The number of alkyl halides is 1. The van der Waals surface area contributed by atoms with E-state index in [1.165, 1.54) is 0 Å². The second-order valence-electron chi connectivity index (χ2n) is 5.04. The van der Waals surface area contributed by atoms with Gasteiger partial charge in [-0.05, 0) is 44.7 Å². The Hall–Kier alpha value is -0.360. The Morgan fingerprint density at radius 3 is 2.26 bits per heavy atom. The molecule has 1 aromatic rings. The molecule has 2 atom stereocenters. The molecule has 2 rings (SSSR count). The summed E-state index contributed by atoms with van der Waals surface area (Å²) >= 11 is 2.31. The first-order valence-corrected chi connectivity index (χ1v) is 9.40. The molecule has 0 fully saturated rings. The second kappa shape index (κ2) is 6.39. The minimum absolute atomic E-state index is 0.189. The van der Waals surface area contributed by atoms with Crippen molar-refractivity contribution in [2.24, 2.45) is 0 Å². The van der Waals surface area contributed by atoms with Crippen molar-refractivity contribution in [3.8, 4) is 0 Å². The first kappa shape index (κ1) is 15.0. The van der Waals surface area contributed by atoms with E-state index in [0.717, 1.165) is 31.2 Å². The number of hydrogen-bond acceptors (Lipinski definition) is 2. The number of halogens is 1. The summed E-state index contributed by atoms with van der Waals surface area (Å²) < 4.78 is 25.7. The van der Waals surface area contributed by atoms with Crippen LogP contribution in [0.4, 0.5) is 0 Å². The zero-order valence-electron chi connectivity index (χ0n) is 11.0. The van der Waals surface area contributed by atoms with Gasteiger partial charge in [0, 0.05) is 3.92 Å². The van der Waals surface area contributed by atoms with Crippen molar-refractivity contribution >= 4 is 32.4 Å². The van der Waals surface area contributed by atoms with Gasteiger partial charge in [0.15, 0.2) is 9.84 Å². The van der Waals surface area contributed by atoms with Crippen molar-refractivity contribution in [1.29, 1.82) is 0 Å². The van der Waals surface area contributed by atoms with E-state index in [-0.39, 0.29) is 9.17 Å². The first-order chi connectivity index (χ1) is 9.01. The number of aryl methyl sites for hydroxylation is 1. The highest BCUT2D eigenvalue weighted by atomic mass is 127. The molecule has 0 amide bonds. The third-order valence-electron chi connectivity index (χ3n) is 3.55. The van der Waals surface area contributed by atoms with Gasteiger partial charge in [0.25, 0.3) is 0 Å². The number of hydrogen-bond donors (Lipinski definition) is 0. The molecule has 0 unspecified atom stereocenters. The predicted octanol–water partition coefficient (Wildman–Crippen LogP) is 4.07. The summed E-state index contributed by atoms with van der Waals surface area (Å²) in [4.78, 5) is 0.467. The van der Waals surface area contributed by atoms with Crippen molar-refractivity contribution in [2.45, 2.75) is 46.7 Å². The van der Waals surface area contributed by atoms with Crippen LogP contribution in [0.5, 0.6) is 0 Å². The molecule has 1 aliphatic carbocycles. The second-order valence-corrected chi connectivity index (χ2v) is 8.81. The van der Waals surface area contributed by atoms with E-state index < -0.39 is 9.84 Å². The van der Waals surface area contributed by atoms with E-state index in [2.05, 4.69) is 34.7 Å². The van der Waals surface area contributed by atoms with Crippen LogP contribution in [-0.4, -0.2) is 17.6 Å². The molecule has 2 nitrogen and oxygen atoms in total. The third kappa shape index (κ3) is 3.60. The molecule has 0 saturated heterocycles. The molecule has 1 aromatic carbocycles. The molecule has 0 spiro atoms. The molecule has 0 aliphatic heterocycles. The van der Waals surface area contributed by atoms with Crippen LogP contribution in [-0.2, 0) is 9.84 Å². The molecule has 0 aromatic heterocycles. The summed E-state index contributed by atoms with van der Waals surface area (Å²) in [6.45, 7) is 1.97. The zero-order valence-corrected chi connectivity index (χ0v) is 14.0. The highest BCUT2D eigenvalue weighted by molar-refractivity contribution is 14.1. The van der Waals surface area contributed by atoms with Gasteiger partial charge < -0.3 is 0 Å². The standard InChI is InChI=1S/C15H19IO2S/c1-12-8-10-13(11-9-12)19(17,18)15-7-5-3-2-4-6-14(15)16/h2-3,8-11,14-15H,4-7H2,1H3/b3-2-/t14-,15-/m0/s1. The van der Waals surface area contributed by atoms with E-state index in [1.54, 1.807) is 12.1 Å². The molecule has 19 heavy (non-hydrogen) atoms. The quantitative estimate of drug-likeness (QED) is 0.434. The minimum atomic E-state index is -3.21. The topological polar surface area (TPSA) is 34.1 Å². The minimum Gasteiger partial charge on any atom is -0.223 e. The summed E-state index contributed by atoms with van der Waals surface area (Å²) in [6, 6.07) is 7.22. The summed E-state index contributed by atoms with van der Waals surface area (Å²) in [5.74, 6) is 0. The van der Waals surface area contributed by atoms with Gasteiger partial charge in [-0.25, -0.2) is 8.42 Å². The molecule has 0 radical (unpaired) electrons. The van der Waals surface area contributed by atoms with Gasteiger partial charge in [-0.15, -0.1) is 0 Å². The lowest BCUT2D eigenvalue weighted by Gasteiger charge is -2.23. The molecule has 0 bridgehead atoms. The van der Waals surface area contributed by atoms with Crippen molar-refractivity contribution in [3.63, 3.8) is 0 Å². The summed E-state index contributed by atoms with van der Waals surface area (Å²) in [5.41, 5.74) is 1.09. The van der Waals surface area contributed by atoms with E-state index in [9.17, 15) is 8.42 Å². The summed E-state index contributed by atoms with van der Waals surface area (Å²) in [5, 5.41) is -0.263. The monoisotopic (exact) mass is 390 g/mol. The van der Waals surface area contributed by atoms with Gasteiger partial charge in [-0.1, -0.05) is 52.4 Å². The smallest absolute Gasteiger partial charge is 0.182 e. The molecule has 0 heterocycles. The lowest BCUT2D eigenvalue weighted by molar-refractivity contribution is 0.560. The fraction of sp³-hybridized carbons (Fsp3) is 0.467. The summed E-state index contributed by atoms with van der Waals surface area (Å²) in [7, 11) is -3.21. The molecule has 104 valence electrons. The number of benzene rings is 1. The van der Waals surface area contributed by atoms with Crippen LogP contribution in [0.3, 0.4) is 0 Å². The van der Waals surface area contributed by atoms with Gasteiger partial charge in [0.05, 0.1) is 10.1 Å². The SMILES string of the molecule is Cc1ccc(S(=O)(=O)[C@H]2CC/C=C\CC[C@@H]2I)cc1. The zero-order chi connectivity index (χ0) is 13.9. The fourth-order valence-electron chi connectivity index (χ4n) is 2.37. The van der Waals surface area contributed by atoms with Crippen LogP contribution in [0.15, 0.2) is 41.3 Å². The largest absolute Gasteiger partial charge is 0.223 e. The van der Waals surface area contributed by atoms with Gasteiger partial charge in [0.2, 0.25) is 0 Å². The van der Waals surface area contributed by atoms with E-state index >= 15 is 0 Å². The van der Waals surface area contributed by atoms with E-state index in [0.29, 0.717) is 4.90 Å². The Balaban J connectivity index is 2.31. The van der Waals surface area contributed by atoms with Gasteiger partial charge in [0.1, 0.15) is 0 Å². The van der Waals surface area contributed by atoms with Crippen molar-refractivity contribution < 1.29 is 8.42 Å². The van der Waals surface area contributed by atoms with Gasteiger partial charge in [-0.2, -0.15) is 0 Å². The maximum Gasteiger partial charge on any atom is 0.182 e. The van der Waals surface area contributed by atoms with Crippen LogP contribution < -0.4 is 0 Å². The van der Waals surface area contributed by atoms with E-state index in [4.69, 9.17) is 0 Å². The van der Waals surface area contributed by atoms with Crippen molar-refractivity contribution in [2.75, 3.05) is 0 Å². The number of rotatable bonds is 2. The Bertz CT molecular complexity index is 546. The lowest BCUT2D eigenvalue weighted by Crippen LogP contribution is -2.31. The lowest BCUT2D eigenvalue weighted by atomic mass is 10.1. The Morgan fingerprint density at radius 2 is 1.63 bits per heavy atom. The van der Waals surface area contributed by atoms with Gasteiger partial charge >= 0.3 is 0 Å².